The maximum absolute atomic E-state index is 10.3. The Morgan fingerprint density at radius 2 is 1.04 bits per heavy atom. The average Bonchev–Trinajstić information content (AvgIpc) is 2.60. The molecule has 0 saturated carbocycles. The Kier molecular flexibility index (Phi) is 27.2. The van der Waals surface area contributed by atoms with E-state index in [1.54, 1.807) is 0 Å². The number of ether oxygens (including phenoxy) is 1. The number of hydrogen-bond acceptors (Lipinski definition) is 4. The van der Waals surface area contributed by atoms with Gasteiger partial charge in [0.1, 0.15) is 0 Å². The summed E-state index contributed by atoms with van der Waals surface area (Å²) in [6, 6.07) is 0. The molecule has 0 aromatic carbocycles. The molecular formula is C20H42O5. The molecule has 0 aliphatic carbocycles. The molecule has 5 nitrogen and oxygen atoms in total. The van der Waals surface area contributed by atoms with Crippen LogP contribution < -0.4 is 0 Å². The number of unbranched alkanes of at least 4 members (excludes halogenated alkanes) is 12. The van der Waals surface area contributed by atoms with E-state index in [0.29, 0.717) is 19.6 Å². The van der Waals surface area contributed by atoms with Crippen LogP contribution in [-0.2, 0) is 9.53 Å². The van der Waals surface area contributed by atoms with Gasteiger partial charge in [-0.25, -0.2) is 0 Å². The van der Waals surface area contributed by atoms with Crippen molar-refractivity contribution >= 4 is 5.97 Å². The molecule has 0 aliphatic heterocycles. The fourth-order valence-electron chi connectivity index (χ4n) is 2.53. The largest absolute Gasteiger partial charge is 0.481 e. The highest BCUT2D eigenvalue weighted by Crippen LogP contribution is 2.12. The monoisotopic (exact) mass is 362 g/mol. The second kappa shape index (κ2) is 25.6. The molecule has 0 aromatic rings. The molecule has 0 amide bonds. The van der Waals surface area contributed by atoms with Gasteiger partial charge in [0.15, 0.2) is 0 Å². The van der Waals surface area contributed by atoms with E-state index in [1.165, 1.54) is 70.6 Å². The lowest BCUT2D eigenvalue weighted by atomic mass is 10.0. The summed E-state index contributed by atoms with van der Waals surface area (Å²) in [7, 11) is 0. The lowest BCUT2D eigenvalue weighted by Crippen LogP contribution is -2.03. The van der Waals surface area contributed by atoms with Crippen molar-refractivity contribution in [3.8, 4) is 0 Å². The molecule has 0 saturated heterocycles. The van der Waals surface area contributed by atoms with Gasteiger partial charge in [0, 0.05) is 6.42 Å². The number of carbonyl (C=O) groups is 1. The van der Waals surface area contributed by atoms with Gasteiger partial charge in [0.05, 0.1) is 26.4 Å². The Labute approximate surface area is 154 Å². The SMILES string of the molecule is CCCCCCCCCCCCCCCC(=O)O.OCCOCCO. The van der Waals surface area contributed by atoms with E-state index in [9.17, 15) is 4.79 Å². The molecule has 0 unspecified atom stereocenters. The second-order valence-electron chi connectivity index (χ2n) is 6.45. The van der Waals surface area contributed by atoms with Crippen molar-refractivity contribution in [2.45, 2.75) is 96.8 Å². The molecule has 0 bridgehead atoms. The minimum atomic E-state index is -0.655. The van der Waals surface area contributed by atoms with Crippen molar-refractivity contribution in [2.75, 3.05) is 26.4 Å². The first-order valence-corrected chi connectivity index (χ1v) is 10.2. The summed E-state index contributed by atoms with van der Waals surface area (Å²) in [5.74, 6) is -0.655. The summed E-state index contributed by atoms with van der Waals surface area (Å²) in [6.07, 6.45) is 17.3. The number of hydrogen-bond donors (Lipinski definition) is 3. The third-order valence-corrected chi connectivity index (χ3v) is 3.97. The third-order valence-electron chi connectivity index (χ3n) is 3.97. The summed E-state index contributed by atoms with van der Waals surface area (Å²) in [4.78, 5) is 10.3. The highest BCUT2D eigenvalue weighted by atomic mass is 16.5. The highest BCUT2D eigenvalue weighted by molar-refractivity contribution is 5.66. The van der Waals surface area contributed by atoms with E-state index in [4.69, 9.17) is 15.3 Å². The summed E-state index contributed by atoms with van der Waals surface area (Å²) in [5.41, 5.74) is 0. The molecule has 0 radical (unpaired) electrons. The van der Waals surface area contributed by atoms with Crippen LogP contribution in [0.1, 0.15) is 96.8 Å². The molecule has 3 N–H and O–H groups in total. The van der Waals surface area contributed by atoms with Crippen LogP contribution in [-0.4, -0.2) is 47.7 Å². The maximum atomic E-state index is 10.3. The predicted octanol–water partition coefficient (Wildman–Crippen LogP) is 4.54. The lowest BCUT2D eigenvalue weighted by molar-refractivity contribution is -0.137. The third kappa shape index (κ3) is 31.6. The standard InChI is InChI=1S/C16H32O2.C4H10O3/c1-2-3-4-5-6-7-8-9-10-11-12-13-14-15-16(17)18;5-1-3-7-4-2-6/h2-15H2,1H3,(H,17,18);5-6H,1-4H2. The predicted molar refractivity (Wildman–Crippen MR) is 103 cm³/mol. The van der Waals surface area contributed by atoms with Crippen molar-refractivity contribution in [1.29, 1.82) is 0 Å². The molecule has 0 heterocycles. The van der Waals surface area contributed by atoms with E-state index in [0.717, 1.165) is 12.8 Å². The normalized spacial score (nSPS) is 10.4. The van der Waals surface area contributed by atoms with Gasteiger partial charge in [-0.1, -0.05) is 84.0 Å². The van der Waals surface area contributed by atoms with E-state index in [1.807, 2.05) is 0 Å². The molecule has 152 valence electrons. The topological polar surface area (TPSA) is 87.0 Å². The first-order chi connectivity index (χ1) is 12.2. The van der Waals surface area contributed by atoms with E-state index >= 15 is 0 Å². The highest BCUT2D eigenvalue weighted by Gasteiger charge is 1.96. The van der Waals surface area contributed by atoms with Crippen LogP contribution in [0.4, 0.5) is 0 Å². The minimum absolute atomic E-state index is 0.0278. The molecule has 0 aromatic heterocycles. The van der Waals surface area contributed by atoms with Crippen molar-refractivity contribution in [3.63, 3.8) is 0 Å². The van der Waals surface area contributed by atoms with Gasteiger partial charge in [0.2, 0.25) is 0 Å². The number of rotatable bonds is 18. The smallest absolute Gasteiger partial charge is 0.303 e. The van der Waals surface area contributed by atoms with Crippen molar-refractivity contribution in [3.05, 3.63) is 0 Å². The van der Waals surface area contributed by atoms with Gasteiger partial charge in [-0.3, -0.25) is 4.79 Å². The van der Waals surface area contributed by atoms with Gasteiger partial charge in [-0.15, -0.1) is 0 Å². The number of carboxylic acid groups (broad SMARTS) is 1. The van der Waals surface area contributed by atoms with Gasteiger partial charge >= 0.3 is 5.97 Å². The molecule has 25 heavy (non-hydrogen) atoms. The molecule has 0 aliphatic rings. The first kappa shape index (κ1) is 26.6. The zero-order valence-electron chi connectivity index (χ0n) is 16.4. The minimum Gasteiger partial charge on any atom is -0.481 e. The average molecular weight is 363 g/mol. The van der Waals surface area contributed by atoms with Crippen molar-refractivity contribution < 1.29 is 24.9 Å². The molecule has 0 fully saturated rings. The Morgan fingerprint density at radius 3 is 1.36 bits per heavy atom. The number of aliphatic hydroxyl groups excluding tert-OH is 2. The second-order valence-corrected chi connectivity index (χ2v) is 6.45. The maximum Gasteiger partial charge on any atom is 0.303 e. The van der Waals surface area contributed by atoms with Crippen molar-refractivity contribution in [2.24, 2.45) is 0 Å². The van der Waals surface area contributed by atoms with Crippen molar-refractivity contribution in [1.82, 2.24) is 0 Å². The van der Waals surface area contributed by atoms with Crippen LogP contribution in [0, 0.1) is 0 Å². The van der Waals surface area contributed by atoms with E-state index in [2.05, 4.69) is 11.7 Å². The summed E-state index contributed by atoms with van der Waals surface area (Å²) < 4.78 is 4.63. The van der Waals surface area contributed by atoms with Crippen LogP contribution >= 0.6 is 0 Å². The number of aliphatic carboxylic acids is 1. The first-order valence-electron chi connectivity index (χ1n) is 10.2. The molecule has 0 atom stereocenters. The van der Waals surface area contributed by atoms with Gasteiger partial charge in [-0.2, -0.15) is 0 Å². The Bertz CT molecular complexity index is 242. The van der Waals surface area contributed by atoms with Gasteiger partial charge in [-0.05, 0) is 6.42 Å². The quantitative estimate of drug-likeness (QED) is 0.312. The Morgan fingerprint density at radius 1 is 0.680 bits per heavy atom. The van der Waals surface area contributed by atoms with E-state index < -0.39 is 5.97 Å². The zero-order valence-corrected chi connectivity index (χ0v) is 16.4. The molecule has 5 heteroatoms. The van der Waals surface area contributed by atoms with E-state index in [-0.39, 0.29) is 13.2 Å². The van der Waals surface area contributed by atoms with Crippen LogP contribution in [0.3, 0.4) is 0 Å². The summed E-state index contributed by atoms with van der Waals surface area (Å²) >= 11 is 0. The van der Waals surface area contributed by atoms with Gasteiger partial charge < -0.3 is 20.1 Å². The number of carboxylic acids is 1. The Hall–Kier alpha value is -0.650. The van der Waals surface area contributed by atoms with Gasteiger partial charge in [0.25, 0.3) is 0 Å². The summed E-state index contributed by atoms with van der Waals surface area (Å²) in [6.45, 7) is 2.96. The zero-order chi connectivity index (χ0) is 19.0. The summed E-state index contributed by atoms with van der Waals surface area (Å²) in [5, 5.41) is 24.7. The lowest BCUT2D eigenvalue weighted by Gasteiger charge is -2.02. The molecule has 0 spiro atoms. The fraction of sp³-hybridized carbons (Fsp3) is 0.950. The fourth-order valence-corrected chi connectivity index (χ4v) is 2.53. The molecular weight excluding hydrogens is 320 g/mol. The molecule has 0 rings (SSSR count). The van der Waals surface area contributed by atoms with Crippen LogP contribution in [0.5, 0.6) is 0 Å². The number of aliphatic hydroxyl groups is 2. The van der Waals surface area contributed by atoms with Crippen LogP contribution in [0.25, 0.3) is 0 Å². The Balaban J connectivity index is 0. The van der Waals surface area contributed by atoms with Crippen LogP contribution in [0.2, 0.25) is 0 Å². The van der Waals surface area contributed by atoms with Crippen LogP contribution in [0.15, 0.2) is 0 Å².